The van der Waals surface area contributed by atoms with Crippen molar-refractivity contribution in [2.24, 2.45) is 0 Å². The van der Waals surface area contributed by atoms with E-state index < -0.39 is 6.04 Å². The van der Waals surface area contributed by atoms with Crippen molar-refractivity contribution in [1.82, 2.24) is 5.06 Å². The summed E-state index contributed by atoms with van der Waals surface area (Å²) in [6.07, 6.45) is 3.38. The maximum Gasteiger partial charge on any atom is 0.278 e. The molecule has 0 atom stereocenters. The number of rotatable bonds is 4. The third kappa shape index (κ3) is 4.59. The van der Waals surface area contributed by atoms with Gasteiger partial charge in [0.05, 0.1) is 0 Å². The second-order valence-electron chi connectivity index (χ2n) is 8.68. The highest BCUT2D eigenvalue weighted by Crippen LogP contribution is 2.30. The monoisotopic (exact) mass is 433 g/mol. The fraction of sp³-hybridized carbons (Fsp3) is 0.167. The summed E-state index contributed by atoms with van der Waals surface area (Å²) in [6, 6.07) is 33.7. The van der Waals surface area contributed by atoms with Crippen molar-refractivity contribution < 1.29 is 10.0 Å². The lowest BCUT2D eigenvalue weighted by Gasteiger charge is -2.28. The summed E-state index contributed by atoms with van der Waals surface area (Å²) in [6.45, 7) is 0. The van der Waals surface area contributed by atoms with E-state index in [1.165, 1.54) is 11.1 Å². The van der Waals surface area contributed by atoms with Gasteiger partial charge in [-0.3, -0.25) is 10.0 Å². The van der Waals surface area contributed by atoms with Crippen molar-refractivity contribution in [3.05, 3.63) is 142 Å². The molecule has 0 fully saturated rings. The molecule has 33 heavy (non-hydrogen) atoms. The lowest BCUT2D eigenvalue weighted by Crippen LogP contribution is -2.33. The van der Waals surface area contributed by atoms with Crippen molar-refractivity contribution in [2.45, 2.75) is 31.7 Å². The Kier molecular flexibility index (Phi) is 6.05. The van der Waals surface area contributed by atoms with Crippen molar-refractivity contribution in [2.75, 3.05) is 0 Å². The van der Waals surface area contributed by atoms with E-state index in [1.54, 1.807) is 0 Å². The van der Waals surface area contributed by atoms with Gasteiger partial charge in [0.2, 0.25) is 0 Å². The Balaban J connectivity index is 1.52. The first-order valence-corrected chi connectivity index (χ1v) is 11.5. The molecule has 0 aliphatic heterocycles. The van der Waals surface area contributed by atoms with Gasteiger partial charge in [0.25, 0.3) is 5.91 Å². The quantitative estimate of drug-likeness (QED) is 0.308. The van der Waals surface area contributed by atoms with E-state index in [0.29, 0.717) is 5.56 Å². The van der Waals surface area contributed by atoms with Gasteiger partial charge in [-0.05, 0) is 65.1 Å². The number of hydrogen-bond acceptors (Lipinski definition) is 2. The predicted molar refractivity (Wildman–Crippen MR) is 130 cm³/mol. The Morgan fingerprint density at radius 1 is 0.636 bits per heavy atom. The van der Waals surface area contributed by atoms with Gasteiger partial charge in [0.1, 0.15) is 6.04 Å². The highest BCUT2D eigenvalue weighted by Gasteiger charge is 2.28. The molecular weight excluding hydrogens is 406 g/mol. The van der Waals surface area contributed by atoms with Crippen LogP contribution >= 0.6 is 0 Å². The Morgan fingerprint density at radius 3 is 1.70 bits per heavy atom. The van der Waals surface area contributed by atoms with Gasteiger partial charge in [-0.1, -0.05) is 97.1 Å². The average Bonchev–Trinajstić information content (AvgIpc) is 2.86. The van der Waals surface area contributed by atoms with E-state index in [0.717, 1.165) is 53.0 Å². The molecule has 3 heteroatoms. The second kappa shape index (κ2) is 9.43. The summed E-state index contributed by atoms with van der Waals surface area (Å²) in [5.41, 5.74) is 6.95. The van der Waals surface area contributed by atoms with Crippen LogP contribution in [-0.4, -0.2) is 16.2 Å². The smallest absolute Gasteiger partial charge is 0.278 e. The number of carbonyl (C=O) groups is 1. The number of benzene rings is 4. The molecule has 8 rings (SSSR count). The van der Waals surface area contributed by atoms with Gasteiger partial charge in [0.15, 0.2) is 0 Å². The number of amides is 1. The molecule has 1 amide bonds. The Hall–Kier alpha value is -3.69. The topological polar surface area (TPSA) is 40.5 Å². The minimum absolute atomic E-state index is 0.365. The first-order valence-electron chi connectivity index (χ1n) is 11.5. The first-order chi connectivity index (χ1) is 16.2. The van der Waals surface area contributed by atoms with Crippen LogP contribution in [0.4, 0.5) is 0 Å². The van der Waals surface area contributed by atoms with Crippen LogP contribution in [0.3, 0.4) is 0 Å². The second-order valence-corrected chi connectivity index (χ2v) is 8.68. The van der Waals surface area contributed by atoms with E-state index in [2.05, 4.69) is 36.4 Å². The van der Waals surface area contributed by atoms with Crippen LogP contribution in [0.1, 0.15) is 49.8 Å². The predicted octanol–water partition coefficient (Wildman–Crippen LogP) is 6.19. The number of aryl methyl sites for hydroxylation is 4. The molecule has 164 valence electrons. The molecule has 3 nitrogen and oxygen atoms in total. The zero-order valence-corrected chi connectivity index (χ0v) is 18.5. The molecule has 4 aliphatic carbocycles. The number of hydroxylamine groups is 2. The number of hydrogen-bond donors (Lipinski definition) is 1. The Morgan fingerprint density at radius 2 is 1.12 bits per heavy atom. The molecule has 0 aromatic heterocycles. The average molecular weight is 434 g/mol. The van der Waals surface area contributed by atoms with Crippen LogP contribution in [0.2, 0.25) is 0 Å². The Bertz CT molecular complexity index is 1190. The minimum Gasteiger partial charge on any atom is -0.285 e. The minimum atomic E-state index is -0.581. The number of carbonyl (C=O) groups excluding carboxylic acids is 1. The van der Waals surface area contributed by atoms with Crippen LogP contribution in [-0.2, 0) is 25.7 Å². The van der Waals surface area contributed by atoms with Crippen LogP contribution in [0, 0.1) is 0 Å². The molecule has 0 unspecified atom stereocenters. The fourth-order valence-electron chi connectivity index (χ4n) is 4.62. The summed E-state index contributed by atoms with van der Waals surface area (Å²) in [5.74, 6) is -0.365. The van der Waals surface area contributed by atoms with E-state index in [9.17, 15) is 10.0 Å². The first kappa shape index (κ1) is 21.2. The highest BCUT2D eigenvalue weighted by atomic mass is 16.5. The molecule has 4 aliphatic rings. The maximum absolute atomic E-state index is 13.8. The summed E-state index contributed by atoms with van der Waals surface area (Å²) >= 11 is 0. The molecular formula is C30H27NO2. The van der Waals surface area contributed by atoms with Crippen molar-refractivity contribution in [1.29, 1.82) is 0 Å². The van der Waals surface area contributed by atoms with Gasteiger partial charge < -0.3 is 0 Å². The molecule has 1 N–H and O–H groups in total. The zero-order chi connectivity index (χ0) is 22.6. The van der Waals surface area contributed by atoms with Crippen molar-refractivity contribution >= 4 is 5.91 Å². The van der Waals surface area contributed by atoms with Gasteiger partial charge in [0, 0.05) is 5.56 Å². The van der Waals surface area contributed by atoms with Crippen molar-refractivity contribution in [3.8, 4) is 0 Å². The molecule has 0 heterocycles. The molecule has 0 saturated carbocycles. The molecule has 0 radical (unpaired) electrons. The van der Waals surface area contributed by atoms with Crippen molar-refractivity contribution in [3.63, 3.8) is 0 Å². The largest absolute Gasteiger partial charge is 0.285 e. The van der Waals surface area contributed by atoms with Gasteiger partial charge in [-0.25, -0.2) is 5.06 Å². The lowest BCUT2D eigenvalue weighted by molar-refractivity contribution is -0.0798. The van der Waals surface area contributed by atoms with E-state index in [4.69, 9.17) is 0 Å². The zero-order valence-electron chi connectivity index (χ0n) is 18.5. The SMILES string of the molecule is O=C(c1cc2ccc1CCc1ccc(cc1)CC2)N(O)C(c1ccccc1)c1ccccc1. The van der Waals surface area contributed by atoms with Crippen LogP contribution in [0.25, 0.3) is 0 Å². The van der Waals surface area contributed by atoms with Crippen LogP contribution < -0.4 is 0 Å². The van der Waals surface area contributed by atoms with Crippen LogP contribution in [0.15, 0.2) is 103 Å². The van der Waals surface area contributed by atoms with Gasteiger partial charge >= 0.3 is 0 Å². The normalized spacial score (nSPS) is 12.9. The lowest BCUT2D eigenvalue weighted by atomic mass is 9.92. The Labute approximate surface area is 194 Å². The van der Waals surface area contributed by atoms with E-state index in [-0.39, 0.29) is 5.91 Å². The molecule has 0 spiro atoms. The summed E-state index contributed by atoms with van der Waals surface area (Å²) in [7, 11) is 0. The molecule has 4 aromatic rings. The van der Waals surface area contributed by atoms with E-state index in [1.807, 2.05) is 66.7 Å². The third-order valence-corrected chi connectivity index (χ3v) is 6.50. The third-order valence-electron chi connectivity index (χ3n) is 6.50. The van der Waals surface area contributed by atoms with E-state index >= 15 is 0 Å². The summed E-state index contributed by atoms with van der Waals surface area (Å²) in [5, 5.41) is 12.2. The highest BCUT2D eigenvalue weighted by molar-refractivity contribution is 5.95. The summed E-state index contributed by atoms with van der Waals surface area (Å²) in [4.78, 5) is 13.8. The maximum atomic E-state index is 13.8. The standard InChI is InChI=1S/C30H27NO2/c32-30(31(33)29(26-7-3-1-4-8-26)27-9-5-2-6-10-27)28-21-24-16-15-22-11-13-23(14-12-22)17-19-25(28)20-18-24/h1-14,18,20-21,29,33H,15-17,19H2. The molecule has 0 saturated heterocycles. The van der Waals surface area contributed by atoms with Crippen LogP contribution in [0.5, 0.6) is 0 Å². The summed E-state index contributed by atoms with van der Waals surface area (Å²) < 4.78 is 0. The molecule has 4 aromatic carbocycles. The number of nitrogens with zero attached hydrogens (tertiary/aromatic N) is 1. The fourth-order valence-corrected chi connectivity index (χ4v) is 4.62. The molecule has 4 bridgehead atoms. The van der Waals surface area contributed by atoms with Gasteiger partial charge in [-0.15, -0.1) is 0 Å². The van der Waals surface area contributed by atoms with Gasteiger partial charge in [-0.2, -0.15) is 0 Å².